The molecule has 0 rings (SSSR count). The highest BCUT2D eigenvalue weighted by molar-refractivity contribution is 5.82. The van der Waals surface area contributed by atoms with Gasteiger partial charge in [0.05, 0.1) is 12.0 Å². The van der Waals surface area contributed by atoms with Crippen LogP contribution in [-0.4, -0.2) is 41.0 Å². The number of hydrogen-bond donors (Lipinski definition) is 2. The molecule has 0 heterocycles. The van der Waals surface area contributed by atoms with Crippen LogP contribution in [0.3, 0.4) is 0 Å². The van der Waals surface area contributed by atoms with Gasteiger partial charge in [0.15, 0.2) is 0 Å². The summed E-state index contributed by atoms with van der Waals surface area (Å²) in [7, 11) is 0. The van der Waals surface area contributed by atoms with Crippen molar-refractivity contribution in [3.05, 3.63) is 0 Å². The number of carboxylic acids is 1. The smallest absolute Gasteiger partial charge is 0.308 e. The molecular weight excluding hydrogens is 220 g/mol. The highest BCUT2D eigenvalue weighted by Gasteiger charge is 2.24. The van der Waals surface area contributed by atoms with Gasteiger partial charge in [0.2, 0.25) is 5.91 Å². The van der Waals surface area contributed by atoms with Crippen molar-refractivity contribution in [3.63, 3.8) is 0 Å². The molecule has 0 bridgehead atoms. The lowest BCUT2D eigenvalue weighted by Gasteiger charge is -2.26. The van der Waals surface area contributed by atoms with Crippen LogP contribution in [0.4, 0.5) is 0 Å². The number of amides is 1. The van der Waals surface area contributed by atoms with Crippen LogP contribution in [0.5, 0.6) is 0 Å². The van der Waals surface area contributed by atoms with Crippen LogP contribution in [0.15, 0.2) is 0 Å². The zero-order valence-corrected chi connectivity index (χ0v) is 11.1. The SMILES string of the molecule is CCN(CC(C)C(=O)O)C(=O)[C@@H](N)CC(C)C. The number of nitrogens with zero attached hydrogens (tertiary/aromatic N) is 1. The molecule has 2 atom stereocenters. The number of carbonyl (C=O) groups is 2. The van der Waals surface area contributed by atoms with E-state index in [1.54, 1.807) is 6.92 Å². The van der Waals surface area contributed by atoms with E-state index in [1.165, 1.54) is 4.90 Å². The third-order valence-corrected chi connectivity index (χ3v) is 2.65. The molecule has 0 saturated heterocycles. The molecule has 0 saturated carbocycles. The fourth-order valence-corrected chi connectivity index (χ4v) is 1.63. The monoisotopic (exact) mass is 244 g/mol. The zero-order valence-electron chi connectivity index (χ0n) is 11.1. The van der Waals surface area contributed by atoms with E-state index in [1.807, 2.05) is 20.8 Å². The Balaban J connectivity index is 4.44. The number of hydrogen-bond acceptors (Lipinski definition) is 3. The van der Waals surface area contributed by atoms with Crippen LogP contribution >= 0.6 is 0 Å². The average Bonchev–Trinajstić information content (AvgIpc) is 2.23. The summed E-state index contributed by atoms with van der Waals surface area (Å²) in [5.74, 6) is -1.27. The van der Waals surface area contributed by atoms with Gasteiger partial charge < -0.3 is 15.7 Å². The lowest BCUT2D eigenvalue weighted by Crippen LogP contribution is -2.46. The van der Waals surface area contributed by atoms with Gasteiger partial charge >= 0.3 is 5.97 Å². The Labute approximate surface area is 103 Å². The van der Waals surface area contributed by atoms with Crippen molar-refractivity contribution in [1.82, 2.24) is 4.90 Å². The molecule has 0 aromatic heterocycles. The van der Waals surface area contributed by atoms with Gasteiger partial charge in [0, 0.05) is 13.1 Å². The molecule has 0 aliphatic heterocycles. The van der Waals surface area contributed by atoms with E-state index < -0.39 is 17.9 Å². The Bertz CT molecular complexity index is 266. The first-order valence-corrected chi connectivity index (χ1v) is 6.06. The minimum Gasteiger partial charge on any atom is -0.481 e. The highest BCUT2D eigenvalue weighted by Crippen LogP contribution is 2.08. The number of aliphatic carboxylic acids is 1. The summed E-state index contributed by atoms with van der Waals surface area (Å²) in [5, 5.41) is 8.82. The van der Waals surface area contributed by atoms with Crippen LogP contribution in [0.2, 0.25) is 0 Å². The van der Waals surface area contributed by atoms with E-state index in [9.17, 15) is 9.59 Å². The molecule has 0 aromatic rings. The van der Waals surface area contributed by atoms with E-state index in [2.05, 4.69) is 0 Å². The van der Waals surface area contributed by atoms with E-state index in [-0.39, 0.29) is 12.5 Å². The third kappa shape index (κ3) is 5.68. The molecule has 0 fully saturated rings. The second-order valence-corrected chi connectivity index (χ2v) is 4.85. The van der Waals surface area contributed by atoms with E-state index >= 15 is 0 Å². The van der Waals surface area contributed by atoms with E-state index in [0.29, 0.717) is 18.9 Å². The van der Waals surface area contributed by atoms with Crippen molar-refractivity contribution in [2.24, 2.45) is 17.6 Å². The van der Waals surface area contributed by atoms with Crippen molar-refractivity contribution in [2.75, 3.05) is 13.1 Å². The predicted octanol–water partition coefficient (Wildman–Crippen LogP) is 0.929. The minimum absolute atomic E-state index is 0.158. The molecule has 1 unspecified atom stereocenters. The van der Waals surface area contributed by atoms with Gasteiger partial charge in [-0.15, -0.1) is 0 Å². The number of carboxylic acid groups (broad SMARTS) is 1. The van der Waals surface area contributed by atoms with E-state index in [0.717, 1.165) is 0 Å². The van der Waals surface area contributed by atoms with Crippen molar-refractivity contribution >= 4 is 11.9 Å². The number of nitrogens with two attached hydrogens (primary N) is 1. The van der Waals surface area contributed by atoms with Crippen molar-refractivity contribution in [2.45, 2.75) is 40.2 Å². The standard InChI is InChI=1S/C12H24N2O3/c1-5-14(7-9(4)12(16)17)11(15)10(13)6-8(2)3/h8-10H,5-7,13H2,1-4H3,(H,16,17)/t9?,10-/m0/s1. The number of rotatable bonds is 7. The molecule has 0 spiro atoms. The lowest BCUT2D eigenvalue weighted by atomic mass is 10.0. The molecule has 17 heavy (non-hydrogen) atoms. The van der Waals surface area contributed by atoms with Crippen LogP contribution in [-0.2, 0) is 9.59 Å². The van der Waals surface area contributed by atoms with Gasteiger partial charge in [-0.3, -0.25) is 9.59 Å². The van der Waals surface area contributed by atoms with Crippen LogP contribution < -0.4 is 5.73 Å². The molecule has 3 N–H and O–H groups in total. The molecule has 0 aliphatic rings. The first kappa shape index (κ1) is 15.9. The van der Waals surface area contributed by atoms with Gasteiger partial charge in [0.25, 0.3) is 0 Å². The summed E-state index contributed by atoms with van der Waals surface area (Å²) in [5.41, 5.74) is 5.81. The van der Waals surface area contributed by atoms with Crippen LogP contribution in [0, 0.1) is 11.8 Å². The highest BCUT2D eigenvalue weighted by atomic mass is 16.4. The van der Waals surface area contributed by atoms with Gasteiger partial charge in [-0.25, -0.2) is 0 Å². The fraction of sp³-hybridized carbons (Fsp3) is 0.833. The molecule has 100 valence electrons. The molecule has 5 nitrogen and oxygen atoms in total. The zero-order chi connectivity index (χ0) is 13.6. The fourth-order valence-electron chi connectivity index (χ4n) is 1.63. The number of carbonyl (C=O) groups excluding carboxylic acids is 1. The maximum atomic E-state index is 12.0. The van der Waals surface area contributed by atoms with Crippen molar-refractivity contribution in [3.8, 4) is 0 Å². The van der Waals surface area contributed by atoms with Crippen LogP contribution in [0.25, 0.3) is 0 Å². The first-order chi connectivity index (χ1) is 7.79. The Hall–Kier alpha value is -1.10. The van der Waals surface area contributed by atoms with Gasteiger partial charge in [-0.1, -0.05) is 20.8 Å². The second kappa shape index (κ2) is 7.27. The van der Waals surface area contributed by atoms with E-state index in [4.69, 9.17) is 10.8 Å². The van der Waals surface area contributed by atoms with Crippen LogP contribution in [0.1, 0.15) is 34.1 Å². The maximum absolute atomic E-state index is 12.0. The van der Waals surface area contributed by atoms with Gasteiger partial charge in [0.1, 0.15) is 0 Å². The molecule has 0 aromatic carbocycles. The molecule has 5 heteroatoms. The maximum Gasteiger partial charge on any atom is 0.308 e. The lowest BCUT2D eigenvalue weighted by molar-refractivity contribution is -0.143. The van der Waals surface area contributed by atoms with Gasteiger partial charge in [-0.05, 0) is 19.3 Å². The van der Waals surface area contributed by atoms with Crippen molar-refractivity contribution < 1.29 is 14.7 Å². The molecule has 0 radical (unpaired) electrons. The Morgan fingerprint density at radius 3 is 2.18 bits per heavy atom. The normalized spacial score (nSPS) is 14.5. The van der Waals surface area contributed by atoms with Crippen molar-refractivity contribution in [1.29, 1.82) is 0 Å². The summed E-state index contributed by atoms with van der Waals surface area (Å²) in [6.07, 6.45) is 0.622. The Kier molecular flexibility index (Phi) is 6.80. The minimum atomic E-state index is -0.895. The summed E-state index contributed by atoms with van der Waals surface area (Å²) >= 11 is 0. The average molecular weight is 244 g/mol. The molecule has 1 amide bonds. The molecule has 0 aliphatic carbocycles. The Morgan fingerprint density at radius 1 is 1.29 bits per heavy atom. The quantitative estimate of drug-likeness (QED) is 0.697. The second-order valence-electron chi connectivity index (χ2n) is 4.85. The predicted molar refractivity (Wildman–Crippen MR) is 66.5 cm³/mol. The number of likely N-dealkylation sites (N-methyl/N-ethyl adjacent to an activating group) is 1. The third-order valence-electron chi connectivity index (χ3n) is 2.65. The largest absolute Gasteiger partial charge is 0.481 e. The summed E-state index contributed by atoms with van der Waals surface area (Å²) < 4.78 is 0. The molecular formula is C12H24N2O3. The van der Waals surface area contributed by atoms with Gasteiger partial charge in [-0.2, -0.15) is 0 Å². The summed E-state index contributed by atoms with van der Waals surface area (Å²) in [6.45, 7) is 8.13. The summed E-state index contributed by atoms with van der Waals surface area (Å²) in [4.78, 5) is 24.2. The Morgan fingerprint density at radius 2 is 1.82 bits per heavy atom. The summed E-state index contributed by atoms with van der Waals surface area (Å²) in [6, 6.07) is -0.532. The first-order valence-electron chi connectivity index (χ1n) is 6.06. The topological polar surface area (TPSA) is 83.6 Å².